The van der Waals surface area contributed by atoms with E-state index < -0.39 is 33.6 Å². The van der Waals surface area contributed by atoms with Crippen LogP contribution < -0.4 is 9.62 Å². The topological polar surface area (TPSA) is 86.8 Å². The number of rotatable bonds is 11. The average molecular weight is 550 g/mol. The van der Waals surface area contributed by atoms with Crippen LogP contribution in [-0.2, 0) is 26.2 Å². The summed E-state index contributed by atoms with van der Waals surface area (Å²) in [6, 6.07) is 6.83. The molecule has 2 aromatic carbocycles. The Bertz CT molecular complexity index is 1180. The van der Waals surface area contributed by atoms with E-state index in [0.29, 0.717) is 22.2 Å². The minimum Gasteiger partial charge on any atom is -0.355 e. The Morgan fingerprint density at radius 2 is 1.74 bits per heavy atom. The number of nitrogens with zero attached hydrogens (tertiary/aromatic N) is 2. The number of sulfonamides is 1. The molecule has 0 fully saturated rings. The fourth-order valence-electron chi connectivity index (χ4n) is 3.38. The predicted molar refractivity (Wildman–Crippen MR) is 133 cm³/mol. The number of benzene rings is 2. The quantitative estimate of drug-likeness (QED) is 0.450. The minimum absolute atomic E-state index is 0.0535. The molecular formula is C23H27Cl2F2N3O4S. The number of hydrogen-bond donors (Lipinski definition) is 1. The Kier molecular flexibility index (Phi) is 10.3. The van der Waals surface area contributed by atoms with E-state index in [2.05, 4.69) is 5.32 Å². The Morgan fingerprint density at radius 1 is 1.06 bits per heavy atom. The lowest BCUT2D eigenvalue weighted by Crippen LogP contribution is -2.47. The maximum Gasteiger partial charge on any atom is 0.242 e. The van der Waals surface area contributed by atoms with Crippen LogP contribution in [0.2, 0.25) is 10.0 Å². The number of carbonyl (C=O) groups is 2. The molecule has 12 heteroatoms. The van der Waals surface area contributed by atoms with Crippen molar-refractivity contribution in [1.29, 1.82) is 0 Å². The van der Waals surface area contributed by atoms with E-state index in [-0.39, 0.29) is 37.5 Å². The summed E-state index contributed by atoms with van der Waals surface area (Å²) in [5.74, 6) is -3.03. The first-order valence-electron chi connectivity index (χ1n) is 10.8. The van der Waals surface area contributed by atoms with E-state index in [1.54, 1.807) is 32.0 Å². The monoisotopic (exact) mass is 549 g/mol. The van der Waals surface area contributed by atoms with Crippen molar-refractivity contribution in [3.63, 3.8) is 0 Å². The number of nitrogens with one attached hydrogen (secondary N) is 1. The molecule has 1 unspecified atom stereocenters. The van der Waals surface area contributed by atoms with E-state index in [1.165, 1.54) is 4.90 Å². The molecule has 2 amide bonds. The number of anilines is 1. The van der Waals surface area contributed by atoms with Gasteiger partial charge in [-0.05, 0) is 50.1 Å². The zero-order valence-corrected chi connectivity index (χ0v) is 21.9. The average Bonchev–Trinajstić information content (AvgIpc) is 2.78. The fraction of sp³-hybridized carbons (Fsp3) is 0.391. The molecule has 0 heterocycles. The van der Waals surface area contributed by atoms with Gasteiger partial charge in [0.25, 0.3) is 0 Å². The lowest BCUT2D eigenvalue weighted by Gasteiger charge is -2.29. The molecule has 0 spiro atoms. The summed E-state index contributed by atoms with van der Waals surface area (Å²) in [6.07, 6.45) is 0.912. The molecule has 2 aromatic rings. The zero-order chi connectivity index (χ0) is 26.3. The highest BCUT2D eigenvalue weighted by Gasteiger charge is 2.26. The standard InChI is InChI=1S/C23H27Cl2F2N3O4S/c1-4-28-23(32)15(2)29(14-16-7-9-18(24)19(25)12-16)22(31)6-5-11-30(35(3,33)34)17-8-10-20(26)21(27)13-17/h7-10,12-13,15H,4-6,11,14H2,1-3H3,(H,28,32). The smallest absolute Gasteiger partial charge is 0.242 e. The molecule has 1 N–H and O–H groups in total. The molecule has 0 aliphatic heterocycles. The van der Waals surface area contributed by atoms with Gasteiger partial charge in [-0.2, -0.15) is 0 Å². The van der Waals surface area contributed by atoms with E-state index in [0.717, 1.165) is 28.8 Å². The van der Waals surface area contributed by atoms with Gasteiger partial charge in [-0.15, -0.1) is 0 Å². The molecule has 35 heavy (non-hydrogen) atoms. The molecule has 0 saturated heterocycles. The number of hydrogen-bond acceptors (Lipinski definition) is 4. The number of likely N-dealkylation sites (N-methyl/N-ethyl adjacent to an activating group) is 1. The third-order valence-electron chi connectivity index (χ3n) is 5.20. The number of halogens is 4. The molecule has 0 saturated carbocycles. The van der Waals surface area contributed by atoms with Gasteiger partial charge in [-0.3, -0.25) is 13.9 Å². The van der Waals surface area contributed by atoms with Crippen molar-refractivity contribution < 1.29 is 26.8 Å². The van der Waals surface area contributed by atoms with E-state index in [4.69, 9.17) is 23.2 Å². The largest absolute Gasteiger partial charge is 0.355 e. The first-order chi connectivity index (χ1) is 16.3. The number of carbonyl (C=O) groups excluding carboxylic acids is 2. The number of amides is 2. The van der Waals surface area contributed by atoms with Crippen molar-refractivity contribution in [2.75, 3.05) is 23.7 Å². The minimum atomic E-state index is -3.83. The highest BCUT2D eigenvalue weighted by molar-refractivity contribution is 7.92. The van der Waals surface area contributed by atoms with E-state index in [9.17, 15) is 26.8 Å². The third-order valence-corrected chi connectivity index (χ3v) is 7.13. The van der Waals surface area contributed by atoms with Crippen molar-refractivity contribution in [3.8, 4) is 0 Å². The maximum atomic E-state index is 13.7. The van der Waals surface area contributed by atoms with Crippen LogP contribution in [0.5, 0.6) is 0 Å². The van der Waals surface area contributed by atoms with Crippen LogP contribution in [0.15, 0.2) is 36.4 Å². The second kappa shape index (κ2) is 12.5. The van der Waals surface area contributed by atoms with Gasteiger partial charge in [0, 0.05) is 32.1 Å². The first-order valence-corrected chi connectivity index (χ1v) is 13.4. The summed E-state index contributed by atoms with van der Waals surface area (Å²) >= 11 is 12.0. The molecule has 0 aliphatic carbocycles. The second-order valence-electron chi connectivity index (χ2n) is 7.88. The molecular weight excluding hydrogens is 523 g/mol. The molecule has 0 aliphatic rings. The fourth-order valence-corrected chi connectivity index (χ4v) is 4.66. The lowest BCUT2D eigenvalue weighted by atomic mass is 10.1. The van der Waals surface area contributed by atoms with Gasteiger partial charge in [-0.25, -0.2) is 17.2 Å². The van der Waals surface area contributed by atoms with Crippen LogP contribution in [0.3, 0.4) is 0 Å². The van der Waals surface area contributed by atoms with Gasteiger partial charge in [-0.1, -0.05) is 29.3 Å². The van der Waals surface area contributed by atoms with Gasteiger partial charge >= 0.3 is 0 Å². The summed E-state index contributed by atoms with van der Waals surface area (Å²) < 4.78 is 52.3. The summed E-state index contributed by atoms with van der Waals surface area (Å²) in [4.78, 5) is 26.9. The van der Waals surface area contributed by atoms with Gasteiger partial charge in [0.1, 0.15) is 6.04 Å². The molecule has 0 radical (unpaired) electrons. The SMILES string of the molecule is CCNC(=O)C(C)N(Cc1ccc(Cl)c(Cl)c1)C(=O)CCCN(c1ccc(F)c(F)c1)S(C)(=O)=O. The maximum absolute atomic E-state index is 13.7. The highest BCUT2D eigenvalue weighted by Crippen LogP contribution is 2.25. The molecule has 0 bridgehead atoms. The van der Waals surface area contributed by atoms with Gasteiger partial charge in [0.15, 0.2) is 11.6 Å². The van der Waals surface area contributed by atoms with Gasteiger partial charge in [0.05, 0.1) is 22.0 Å². The summed E-state index contributed by atoms with van der Waals surface area (Å²) in [6.45, 7) is 3.66. The van der Waals surface area contributed by atoms with Crippen LogP contribution in [0, 0.1) is 11.6 Å². The lowest BCUT2D eigenvalue weighted by molar-refractivity contribution is -0.140. The molecule has 2 rings (SSSR count). The van der Waals surface area contributed by atoms with Crippen LogP contribution in [-0.4, -0.2) is 50.5 Å². The van der Waals surface area contributed by atoms with Crippen LogP contribution >= 0.6 is 23.2 Å². The van der Waals surface area contributed by atoms with Gasteiger partial charge in [0.2, 0.25) is 21.8 Å². The van der Waals surface area contributed by atoms with Crippen molar-refractivity contribution in [1.82, 2.24) is 10.2 Å². The van der Waals surface area contributed by atoms with Crippen molar-refractivity contribution in [2.45, 2.75) is 39.3 Å². The normalized spacial score (nSPS) is 12.2. The Balaban J connectivity index is 2.19. The Morgan fingerprint density at radius 3 is 2.31 bits per heavy atom. The molecule has 0 aromatic heterocycles. The van der Waals surface area contributed by atoms with Crippen molar-refractivity contribution >= 4 is 50.7 Å². The predicted octanol–water partition coefficient (Wildman–Crippen LogP) is 4.37. The summed E-state index contributed by atoms with van der Waals surface area (Å²) in [7, 11) is -3.83. The zero-order valence-electron chi connectivity index (χ0n) is 19.5. The van der Waals surface area contributed by atoms with E-state index >= 15 is 0 Å². The third kappa shape index (κ3) is 8.05. The van der Waals surface area contributed by atoms with Crippen molar-refractivity contribution in [3.05, 3.63) is 63.6 Å². The second-order valence-corrected chi connectivity index (χ2v) is 10.6. The summed E-state index contributed by atoms with van der Waals surface area (Å²) in [5.41, 5.74) is 0.602. The Labute approximate surface area is 214 Å². The van der Waals surface area contributed by atoms with Crippen molar-refractivity contribution in [2.24, 2.45) is 0 Å². The highest BCUT2D eigenvalue weighted by atomic mass is 35.5. The van der Waals surface area contributed by atoms with Crippen LogP contribution in [0.4, 0.5) is 14.5 Å². The van der Waals surface area contributed by atoms with Crippen LogP contribution in [0.1, 0.15) is 32.3 Å². The molecule has 192 valence electrons. The molecule has 1 atom stereocenters. The Hall–Kier alpha value is -2.43. The van der Waals surface area contributed by atoms with E-state index in [1.807, 2.05) is 0 Å². The molecule has 7 nitrogen and oxygen atoms in total. The van der Waals surface area contributed by atoms with Crippen LogP contribution in [0.25, 0.3) is 0 Å². The first kappa shape index (κ1) is 28.8. The summed E-state index contributed by atoms with van der Waals surface area (Å²) in [5, 5.41) is 3.33. The van der Waals surface area contributed by atoms with Gasteiger partial charge < -0.3 is 10.2 Å².